The molecule has 28 heavy (non-hydrogen) atoms. The Hall–Kier alpha value is -1.81. The fourth-order valence-electron chi connectivity index (χ4n) is 5.26. The topological polar surface area (TPSA) is 25.2 Å². The van der Waals surface area contributed by atoms with Crippen molar-refractivity contribution >= 4 is 16.8 Å². The van der Waals surface area contributed by atoms with Crippen LogP contribution in [0.4, 0.5) is 0 Å². The number of aromatic nitrogens is 1. The van der Waals surface area contributed by atoms with Crippen LogP contribution in [0.1, 0.15) is 56.7 Å². The Morgan fingerprint density at radius 1 is 1.11 bits per heavy atom. The molecule has 2 aromatic rings. The molecule has 0 N–H and O–H groups in total. The number of quaternary nitrogens is 1. The third-order valence-electron chi connectivity index (χ3n) is 6.93. The van der Waals surface area contributed by atoms with Gasteiger partial charge in [-0.05, 0) is 37.3 Å². The molecule has 4 nitrogen and oxygen atoms in total. The second kappa shape index (κ2) is 7.90. The number of piperidine rings is 1. The minimum absolute atomic E-state index is 0.0421. The van der Waals surface area contributed by atoms with Gasteiger partial charge in [-0.2, -0.15) is 0 Å². The molecule has 1 fully saturated rings. The summed E-state index contributed by atoms with van der Waals surface area (Å²) >= 11 is 0. The van der Waals surface area contributed by atoms with Gasteiger partial charge in [-0.3, -0.25) is 4.79 Å². The molecule has 2 aliphatic rings. The van der Waals surface area contributed by atoms with Crippen LogP contribution in [-0.2, 0) is 24.3 Å². The zero-order chi connectivity index (χ0) is 19.7. The number of hydrogen-bond donors (Lipinski definition) is 0. The van der Waals surface area contributed by atoms with Crippen molar-refractivity contribution < 1.29 is 9.28 Å². The van der Waals surface area contributed by atoms with E-state index in [0.29, 0.717) is 5.91 Å². The number of likely N-dealkylation sites (N-methyl/N-ethyl adjacent to an activating group) is 1. The van der Waals surface area contributed by atoms with Gasteiger partial charge < -0.3 is 14.0 Å². The Labute approximate surface area is 169 Å². The number of aryl methyl sites for hydroxylation is 1. The summed E-state index contributed by atoms with van der Waals surface area (Å²) in [4.78, 5) is 15.6. The number of para-hydroxylation sites is 1. The lowest BCUT2D eigenvalue weighted by Crippen LogP contribution is -2.60. The van der Waals surface area contributed by atoms with Gasteiger partial charge in [0.25, 0.3) is 5.91 Å². The van der Waals surface area contributed by atoms with E-state index in [9.17, 15) is 4.79 Å². The molecule has 1 aromatic carbocycles. The maximum Gasteiger partial charge on any atom is 0.281 e. The largest absolute Gasteiger partial charge is 0.339 e. The Bertz CT molecular complexity index is 845. The van der Waals surface area contributed by atoms with Gasteiger partial charge in [-0.15, -0.1) is 0 Å². The molecular weight excluding hydrogens is 346 g/mol. The van der Waals surface area contributed by atoms with Gasteiger partial charge in [0.15, 0.2) is 6.04 Å². The lowest BCUT2D eigenvalue weighted by Gasteiger charge is -2.43. The molecule has 1 aromatic heterocycles. The summed E-state index contributed by atoms with van der Waals surface area (Å²) in [6.07, 6.45) is 8.21. The highest BCUT2D eigenvalue weighted by Gasteiger charge is 2.44. The van der Waals surface area contributed by atoms with Crippen molar-refractivity contribution in [2.45, 2.75) is 71.0 Å². The molecule has 0 bridgehead atoms. The van der Waals surface area contributed by atoms with Crippen LogP contribution in [0.5, 0.6) is 0 Å². The van der Waals surface area contributed by atoms with Crippen LogP contribution in [0, 0.1) is 0 Å². The molecular formula is C24H36N3O+. The van der Waals surface area contributed by atoms with E-state index in [1.807, 2.05) is 0 Å². The number of carbonyl (C=O) groups is 1. The van der Waals surface area contributed by atoms with E-state index in [2.05, 4.69) is 54.8 Å². The summed E-state index contributed by atoms with van der Waals surface area (Å²) in [5.74, 6) is 0.373. The van der Waals surface area contributed by atoms with Crippen LogP contribution in [0.15, 0.2) is 24.3 Å². The summed E-state index contributed by atoms with van der Waals surface area (Å²) in [6, 6.07) is 8.87. The van der Waals surface area contributed by atoms with Crippen molar-refractivity contribution in [2.75, 3.05) is 27.2 Å². The molecule has 2 aliphatic heterocycles. The highest BCUT2D eigenvalue weighted by atomic mass is 16.2. The normalized spacial score (nSPS) is 21.7. The van der Waals surface area contributed by atoms with Crippen LogP contribution >= 0.6 is 0 Å². The van der Waals surface area contributed by atoms with Crippen molar-refractivity contribution in [1.29, 1.82) is 0 Å². The van der Waals surface area contributed by atoms with Crippen molar-refractivity contribution in [3.8, 4) is 0 Å². The Balaban J connectivity index is 1.70. The molecule has 3 heterocycles. The van der Waals surface area contributed by atoms with Gasteiger partial charge in [0.2, 0.25) is 0 Å². The molecule has 0 spiro atoms. The SMILES string of the molecule is CCCCCn1c2c(c3ccccc31)C[C@H](C(=O)N1CCCCC1)[N+](C)(C)C2. The molecule has 1 atom stereocenters. The number of benzene rings is 1. The summed E-state index contributed by atoms with van der Waals surface area (Å²) in [5.41, 5.74) is 4.25. The first-order chi connectivity index (χ1) is 13.5. The summed E-state index contributed by atoms with van der Waals surface area (Å²) < 4.78 is 3.33. The summed E-state index contributed by atoms with van der Waals surface area (Å²) in [6.45, 7) is 6.19. The zero-order valence-electron chi connectivity index (χ0n) is 17.9. The second-order valence-corrected chi connectivity index (χ2v) is 9.34. The number of fused-ring (bicyclic) bond motifs is 3. The first-order valence-corrected chi connectivity index (χ1v) is 11.2. The first-order valence-electron chi connectivity index (χ1n) is 11.2. The molecule has 4 heteroatoms. The van der Waals surface area contributed by atoms with Crippen molar-refractivity contribution in [1.82, 2.24) is 9.47 Å². The number of amides is 1. The number of hydrogen-bond acceptors (Lipinski definition) is 1. The maximum atomic E-state index is 13.4. The van der Waals surface area contributed by atoms with Crippen molar-refractivity contribution in [3.05, 3.63) is 35.5 Å². The third kappa shape index (κ3) is 3.47. The van der Waals surface area contributed by atoms with Gasteiger partial charge >= 0.3 is 0 Å². The van der Waals surface area contributed by atoms with Gasteiger partial charge in [-0.1, -0.05) is 38.0 Å². The minimum Gasteiger partial charge on any atom is -0.339 e. The quantitative estimate of drug-likeness (QED) is 0.558. The van der Waals surface area contributed by atoms with Gasteiger partial charge in [0.05, 0.1) is 19.8 Å². The first kappa shape index (κ1) is 19.5. The molecule has 1 amide bonds. The average Bonchev–Trinajstić information content (AvgIpc) is 2.99. The predicted molar refractivity (Wildman–Crippen MR) is 115 cm³/mol. The van der Waals surface area contributed by atoms with Gasteiger partial charge in [0, 0.05) is 37.0 Å². The van der Waals surface area contributed by atoms with E-state index in [1.54, 1.807) is 0 Å². The van der Waals surface area contributed by atoms with Crippen LogP contribution in [0.3, 0.4) is 0 Å². The zero-order valence-corrected chi connectivity index (χ0v) is 17.9. The van der Waals surface area contributed by atoms with Crippen LogP contribution in [-0.4, -0.2) is 53.1 Å². The van der Waals surface area contributed by atoms with Gasteiger partial charge in [-0.25, -0.2) is 0 Å². The maximum absolute atomic E-state index is 13.4. The van der Waals surface area contributed by atoms with E-state index in [1.165, 1.54) is 47.8 Å². The number of likely N-dealkylation sites (tertiary alicyclic amines) is 1. The molecule has 1 saturated heterocycles. The van der Waals surface area contributed by atoms with Crippen LogP contribution < -0.4 is 0 Å². The van der Waals surface area contributed by atoms with E-state index in [-0.39, 0.29) is 6.04 Å². The van der Waals surface area contributed by atoms with Crippen LogP contribution in [0.2, 0.25) is 0 Å². The summed E-state index contributed by atoms with van der Waals surface area (Å²) in [5, 5.41) is 1.37. The smallest absolute Gasteiger partial charge is 0.281 e. The molecule has 0 aliphatic carbocycles. The van der Waals surface area contributed by atoms with Gasteiger partial charge in [0.1, 0.15) is 6.54 Å². The van der Waals surface area contributed by atoms with E-state index >= 15 is 0 Å². The lowest BCUT2D eigenvalue weighted by atomic mass is 9.93. The number of unbranched alkanes of at least 4 members (excludes halogenated alkanes) is 2. The number of carbonyl (C=O) groups excluding carboxylic acids is 1. The number of rotatable bonds is 5. The summed E-state index contributed by atoms with van der Waals surface area (Å²) in [7, 11) is 4.51. The highest BCUT2D eigenvalue weighted by Crippen LogP contribution is 2.36. The fraction of sp³-hybridized carbons (Fsp3) is 0.625. The van der Waals surface area contributed by atoms with Crippen molar-refractivity contribution in [3.63, 3.8) is 0 Å². The molecule has 0 radical (unpaired) electrons. The van der Waals surface area contributed by atoms with Crippen molar-refractivity contribution in [2.24, 2.45) is 0 Å². The third-order valence-corrected chi connectivity index (χ3v) is 6.93. The van der Waals surface area contributed by atoms with E-state index < -0.39 is 0 Å². The molecule has 152 valence electrons. The Kier molecular flexibility index (Phi) is 5.50. The monoisotopic (exact) mass is 382 g/mol. The molecule has 0 saturated carbocycles. The fourth-order valence-corrected chi connectivity index (χ4v) is 5.26. The molecule has 4 rings (SSSR count). The number of nitrogens with zero attached hydrogens (tertiary/aromatic N) is 3. The molecule has 0 unspecified atom stereocenters. The standard InChI is InChI=1S/C24H36N3O/c1-4-5-9-16-26-21-13-8-7-12-19(21)20-17-23(27(2,3)18-22(20)26)24(28)25-14-10-6-11-15-25/h7-8,12-13,23H,4-6,9-11,14-18H2,1-3H3/q+1/t23-/m1/s1. The highest BCUT2D eigenvalue weighted by molar-refractivity contribution is 5.88. The Morgan fingerprint density at radius 3 is 2.61 bits per heavy atom. The lowest BCUT2D eigenvalue weighted by molar-refractivity contribution is -0.921. The van der Waals surface area contributed by atoms with E-state index in [0.717, 1.165) is 49.9 Å². The minimum atomic E-state index is 0.0421. The Morgan fingerprint density at radius 2 is 1.86 bits per heavy atom. The average molecular weight is 383 g/mol. The second-order valence-electron chi connectivity index (χ2n) is 9.34. The van der Waals surface area contributed by atoms with E-state index in [4.69, 9.17) is 0 Å². The van der Waals surface area contributed by atoms with Crippen LogP contribution in [0.25, 0.3) is 10.9 Å². The predicted octanol–water partition coefficient (Wildman–Crippen LogP) is 4.35.